The van der Waals surface area contributed by atoms with E-state index in [1.807, 2.05) is 43.0 Å². The van der Waals surface area contributed by atoms with Gasteiger partial charge in [-0.1, -0.05) is 48.2 Å². The predicted octanol–water partition coefficient (Wildman–Crippen LogP) is 3.87. The highest BCUT2D eigenvalue weighted by Crippen LogP contribution is 2.22. The number of aromatic nitrogens is 4. The second kappa shape index (κ2) is 6.30. The number of benzene rings is 1. The molecule has 4 nitrogen and oxygen atoms in total. The average molecular weight is 320 g/mol. The summed E-state index contributed by atoms with van der Waals surface area (Å²) in [7, 11) is 0. The van der Waals surface area contributed by atoms with Crippen LogP contribution in [0.25, 0.3) is 5.52 Å². The van der Waals surface area contributed by atoms with Crippen molar-refractivity contribution in [1.29, 1.82) is 0 Å². The molecule has 4 aromatic rings. The van der Waals surface area contributed by atoms with E-state index in [1.54, 1.807) is 11.8 Å². The van der Waals surface area contributed by atoms with Crippen LogP contribution in [0.2, 0.25) is 0 Å². The Balaban J connectivity index is 1.51. The lowest BCUT2D eigenvalue weighted by atomic mass is 10.2. The lowest BCUT2D eigenvalue weighted by Gasteiger charge is -2.07. The molecule has 4 rings (SSSR count). The number of nitrogens with zero attached hydrogens (tertiary/aromatic N) is 4. The Morgan fingerprint density at radius 1 is 0.913 bits per heavy atom. The zero-order valence-corrected chi connectivity index (χ0v) is 13.4. The minimum atomic E-state index is 0.799. The molecule has 3 heterocycles. The topological polar surface area (TPSA) is 35.1 Å². The summed E-state index contributed by atoms with van der Waals surface area (Å²) >= 11 is 1.71. The van der Waals surface area contributed by atoms with Gasteiger partial charge in [-0.25, -0.2) is 9.97 Å². The maximum atomic E-state index is 4.50. The third kappa shape index (κ3) is 3.00. The monoisotopic (exact) mass is 320 g/mol. The van der Waals surface area contributed by atoms with E-state index in [4.69, 9.17) is 0 Å². The number of hydrogen-bond acceptors (Lipinski definition) is 3. The molecule has 1 aromatic carbocycles. The minimum absolute atomic E-state index is 0.799. The van der Waals surface area contributed by atoms with Crippen LogP contribution in [-0.4, -0.2) is 18.9 Å². The van der Waals surface area contributed by atoms with E-state index in [2.05, 4.69) is 49.3 Å². The first-order valence-electron chi connectivity index (χ1n) is 7.49. The highest BCUT2D eigenvalue weighted by atomic mass is 32.2. The SMILES string of the molecule is c1ccc(Cn2ccnc2CSc2ncc3ccccn23)cc1. The summed E-state index contributed by atoms with van der Waals surface area (Å²) in [4.78, 5) is 8.99. The normalized spacial score (nSPS) is 11.1. The fourth-order valence-corrected chi connectivity index (χ4v) is 3.49. The van der Waals surface area contributed by atoms with Crippen molar-refractivity contribution in [2.75, 3.05) is 0 Å². The smallest absolute Gasteiger partial charge is 0.173 e. The maximum Gasteiger partial charge on any atom is 0.173 e. The Morgan fingerprint density at radius 2 is 1.78 bits per heavy atom. The zero-order valence-electron chi connectivity index (χ0n) is 12.5. The van der Waals surface area contributed by atoms with Crippen LogP contribution in [-0.2, 0) is 12.3 Å². The molecule has 0 radical (unpaired) electrons. The second-order valence-corrected chi connectivity index (χ2v) is 6.22. The molecule has 0 aliphatic heterocycles. The molecule has 0 fully saturated rings. The summed E-state index contributed by atoms with van der Waals surface area (Å²) in [5.41, 5.74) is 2.39. The lowest BCUT2D eigenvalue weighted by Crippen LogP contribution is -2.03. The van der Waals surface area contributed by atoms with Crippen LogP contribution < -0.4 is 0 Å². The van der Waals surface area contributed by atoms with Gasteiger partial charge in [0, 0.05) is 25.1 Å². The fraction of sp³-hybridized carbons (Fsp3) is 0.111. The fourth-order valence-electron chi connectivity index (χ4n) is 2.56. The Bertz CT molecular complexity index is 911. The van der Waals surface area contributed by atoms with Crippen LogP contribution in [0, 0.1) is 0 Å². The van der Waals surface area contributed by atoms with Crippen molar-refractivity contribution in [2.24, 2.45) is 0 Å². The third-order valence-corrected chi connectivity index (χ3v) is 4.70. The van der Waals surface area contributed by atoms with E-state index in [0.717, 1.165) is 28.8 Å². The molecule has 0 aliphatic carbocycles. The van der Waals surface area contributed by atoms with E-state index in [1.165, 1.54) is 5.56 Å². The molecular weight excluding hydrogens is 304 g/mol. The molecule has 0 atom stereocenters. The van der Waals surface area contributed by atoms with Crippen LogP contribution in [0.3, 0.4) is 0 Å². The highest BCUT2D eigenvalue weighted by Gasteiger charge is 2.08. The molecule has 0 spiro atoms. The van der Waals surface area contributed by atoms with Crippen LogP contribution in [0.5, 0.6) is 0 Å². The Morgan fingerprint density at radius 3 is 2.70 bits per heavy atom. The number of hydrogen-bond donors (Lipinski definition) is 0. The maximum absolute atomic E-state index is 4.50. The first-order chi connectivity index (χ1) is 11.4. The first-order valence-corrected chi connectivity index (χ1v) is 8.47. The van der Waals surface area contributed by atoms with Gasteiger partial charge >= 0.3 is 0 Å². The first kappa shape index (κ1) is 14.1. The van der Waals surface area contributed by atoms with Crippen LogP contribution >= 0.6 is 11.8 Å². The molecule has 0 saturated carbocycles. The summed E-state index contributed by atoms with van der Waals surface area (Å²) in [5.74, 6) is 1.86. The lowest BCUT2D eigenvalue weighted by molar-refractivity contribution is 0.755. The standard InChI is InChI=1S/C18H16N4S/c1-2-6-15(7-3-1)13-21-11-9-19-17(21)14-23-18-20-12-16-8-4-5-10-22(16)18/h1-12H,13-14H2. The van der Waals surface area contributed by atoms with Gasteiger partial charge in [-0.15, -0.1) is 0 Å². The summed E-state index contributed by atoms with van der Waals surface area (Å²) in [5, 5.41) is 0.995. The largest absolute Gasteiger partial charge is 0.330 e. The van der Waals surface area contributed by atoms with Gasteiger partial charge in [-0.2, -0.15) is 0 Å². The van der Waals surface area contributed by atoms with Gasteiger partial charge in [-0.05, 0) is 17.7 Å². The molecule has 114 valence electrons. The molecule has 0 bridgehead atoms. The number of rotatable bonds is 5. The average Bonchev–Trinajstić information content (AvgIpc) is 3.21. The molecule has 0 unspecified atom stereocenters. The van der Waals surface area contributed by atoms with Crippen LogP contribution in [0.4, 0.5) is 0 Å². The number of pyridine rings is 1. The summed E-state index contributed by atoms with van der Waals surface area (Å²) < 4.78 is 4.30. The molecule has 3 aromatic heterocycles. The summed E-state index contributed by atoms with van der Waals surface area (Å²) in [6, 6.07) is 16.6. The third-order valence-electron chi connectivity index (χ3n) is 3.73. The molecule has 0 saturated heterocycles. The van der Waals surface area contributed by atoms with E-state index in [9.17, 15) is 0 Å². The van der Waals surface area contributed by atoms with Crippen molar-refractivity contribution in [3.63, 3.8) is 0 Å². The molecule has 5 heteroatoms. The minimum Gasteiger partial charge on any atom is -0.330 e. The summed E-state index contributed by atoms with van der Waals surface area (Å²) in [6.07, 6.45) is 7.84. The molecule has 23 heavy (non-hydrogen) atoms. The van der Waals surface area contributed by atoms with E-state index < -0.39 is 0 Å². The van der Waals surface area contributed by atoms with Crippen LogP contribution in [0.15, 0.2) is 78.5 Å². The highest BCUT2D eigenvalue weighted by molar-refractivity contribution is 7.98. The second-order valence-electron chi connectivity index (χ2n) is 5.28. The molecule has 0 aliphatic rings. The van der Waals surface area contributed by atoms with E-state index in [-0.39, 0.29) is 0 Å². The van der Waals surface area contributed by atoms with Crippen molar-refractivity contribution < 1.29 is 0 Å². The van der Waals surface area contributed by atoms with Gasteiger partial charge in [0.05, 0.1) is 17.5 Å². The van der Waals surface area contributed by atoms with Gasteiger partial charge in [0.2, 0.25) is 0 Å². The van der Waals surface area contributed by atoms with Gasteiger partial charge in [-0.3, -0.25) is 4.40 Å². The molecule has 0 amide bonds. The van der Waals surface area contributed by atoms with Crippen molar-refractivity contribution in [3.05, 3.63) is 84.7 Å². The quantitative estimate of drug-likeness (QED) is 0.524. The van der Waals surface area contributed by atoms with Crippen molar-refractivity contribution in [2.45, 2.75) is 17.5 Å². The van der Waals surface area contributed by atoms with E-state index >= 15 is 0 Å². The van der Waals surface area contributed by atoms with Gasteiger partial charge in [0.25, 0.3) is 0 Å². The Hall–Kier alpha value is -2.53. The number of fused-ring (bicyclic) bond motifs is 1. The Labute approximate surface area is 138 Å². The van der Waals surface area contributed by atoms with Gasteiger partial charge in [0.15, 0.2) is 5.16 Å². The molecular formula is C18H16N4S. The van der Waals surface area contributed by atoms with E-state index in [0.29, 0.717) is 0 Å². The molecule has 0 N–H and O–H groups in total. The van der Waals surface area contributed by atoms with Crippen molar-refractivity contribution in [1.82, 2.24) is 18.9 Å². The van der Waals surface area contributed by atoms with Gasteiger partial charge < -0.3 is 4.57 Å². The number of thioether (sulfide) groups is 1. The number of imidazole rings is 2. The summed E-state index contributed by atoms with van der Waals surface area (Å²) in [6.45, 7) is 0.846. The predicted molar refractivity (Wildman–Crippen MR) is 92.5 cm³/mol. The van der Waals surface area contributed by atoms with Crippen LogP contribution in [0.1, 0.15) is 11.4 Å². The van der Waals surface area contributed by atoms with Crippen molar-refractivity contribution in [3.8, 4) is 0 Å². The zero-order chi connectivity index (χ0) is 15.5. The van der Waals surface area contributed by atoms with Crippen molar-refractivity contribution >= 4 is 17.3 Å². The Kier molecular flexibility index (Phi) is 3.86. The van der Waals surface area contributed by atoms with Gasteiger partial charge in [0.1, 0.15) is 5.82 Å².